The fraction of sp³-hybridized carbons (Fsp3) is 0.462. The Labute approximate surface area is 97.0 Å². The summed E-state index contributed by atoms with van der Waals surface area (Å²) in [5.41, 5.74) is 6.72. The van der Waals surface area contributed by atoms with Crippen LogP contribution in [0.3, 0.4) is 0 Å². The number of hydrogen-bond acceptors (Lipinski definition) is 2. The van der Waals surface area contributed by atoms with Crippen molar-refractivity contribution in [1.82, 2.24) is 0 Å². The predicted molar refractivity (Wildman–Crippen MR) is 67.1 cm³/mol. The molecule has 0 heterocycles. The van der Waals surface area contributed by atoms with Gasteiger partial charge in [-0.15, -0.1) is 0 Å². The number of amides is 1. The van der Waals surface area contributed by atoms with E-state index in [0.717, 1.165) is 12.1 Å². The summed E-state index contributed by atoms with van der Waals surface area (Å²) in [7, 11) is 0. The molecule has 16 heavy (non-hydrogen) atoms. The maximum absolute atomic E-state index is 11.6. The van der Waals surface area contributed by atoms with Crippen molar-refractivity contribution in [2.24, 2.45) is 11.7 Å². The lowest BCUT2D eigenvalue weighted by Gasteiger charge is -2.14. The maximum atomic E-state index is 11.6. The Morgan fingerprint density at radius 3 is 2.50 bits per heavy atom. The molecule has 88 valence electrons. The summed E-state index contributed by atoms with van der Waals surface area (Å²) in [4.78, 5) is 11.6. The van der Waals surface area contributed by atoms with Crippen molar-refractivity contribution in [3.05, 3.63) is 30.3 Å². The van der Waals surface area contributed by atoms with E-state index in [2.05, 4.69) is 19.2 Å². The first-order chi connectivity index (χ1) is 7.59. The average Bonchev–Trinajstić information content (AvgIpc) is 2.27. The van der Waals surface area contributed by atoms with Crippen molar-refractivity contribution < 1.29 is 4.79 Å². The highest BCUT2D eigenvalue weighted by Crippen LogP contribution is 2.09. The highest BCUT2D eigenvalue weighted by atomic mass is 16.1. The van der Waals surface area contributed by atoms with Crippen molar-refractivity contribution in [3.8, 4) is 0 Å². The number of anilines is 1. The van der Waals surface area contributed by atoms with Crippen LogP contribution in [-0.2, 0) is 4.79 Å². The van der Waals surface area contributed by atoms with E-state index in [0.29, 0.717) is 12.3 Å². The molecule has 0 fully saturated rings. The molecule has 1 aromatic carbocycles. The molecule has 0 radical (unpaired) electrons. The number of benzene rings is 1. The van der Waals surface area contributed by atoms with Gasteiger partial charge >= 0.3 is 0 Å². The van der Waals surface area contributed by atoms with Gasteiger partial charge in [0.25, 0.3) is 0 Å². The molecule has 0 spiro atoms. The molecule has 0 saturated heterocycles. The average molecular weight is 220 g/mol. The molecule has 1 atom stereocenters. The molecular formula is C13H20N2O. The summed E-state index contributed by atoms with van der Waals surface area (Å²) in [5, 5.41) is 2.84. The molecule has 0 bridgehead atoms. The molecule has 1 amide bonds. The Morgan fingerprint density at radius 2 is 1.94 bits per heavy atom. The molecule has 0 aliphatic carbocycles. The Kier molecular flexibility index (Phi) is 4.99. The first kappa shape index (κ1) is 12.7. The van der Waals surface area contributed by atoms with Crippen LogP contribution >= 0.6 is 0 Å². The third kappa shape index (κ3) is 4.45. The van der Waals surface area contributed by atoms with Gasteiger partial charge in [-0.3, -0.25) is 4.79 Å². The van der Waals surface area contributed by atoms with Crippen molar-refractivity contribution in [1.29, 1.82) is 0 Å². The molecule has 0 aliphatic rings. The van der Waals surface area contributed by atoms with Crippen LogP contribution in [0.4, 0.5) is 5.69 Å². The predicted octanol–water partition coefficient (Wildman–Crippen LogP) is 2.39. The maximum Gasteiger partial charge on any atom is 0.224 e. The third-order valence-corrected chi connectivity index (χ3v) is 2.62. The van der Waals surface area contributed by atoms with Crippen molar-refractivity contribution in [3.63, 3.8) is 0 Å². The molecule has 3 nitrogen and oxygen atoms in total. The summed E-state index contributed by atoms with van der Waals surface area (Å²) in [6.45, 7) is 4.14. The lowest BCUT2D eigenvalue weighted by Crippen LogP contribution is -2.28. The number of rotatable bonds is 5. The first-order valence-electron chi connectivity index (χ1n) is 5.70. The quantitative estimate of drug-likeness (QED) is 0.800. The normalized spacial score (nSPS) is 12.5. The molecule has 0 aromatic heterocycles. The van der Waals surface area contributed by atoms with Gasteiger partial charge in [0.05, 0.1) is 0 Å². The van der Waals surface area contributed by atoms with Gasteiger partial charge in [0.2, 0.25) is 5.91 Å². The fourth-order valence-corrected chi connectivity index (χ4v) is 1.38. The van der Waals surface area contributed by atoms with Crippen molar-refractivity contribution in [2.75, 3.05) is 5.32 Å². The summed E-state index contributed by atoms with van der Waals surface area (Å²) in [6, 6.07) is 9.57. The minimum Gasteiger partial charge on any atom is -0.327 e. The van der Waals surface area contributed by atoms with Crippen LogP contribution in [0.15, 0.2) is 30.3 Å². The van der Waals surface area contributed by atoms with Crippen LogP contribution < -0.4 is 11.1 Å². The van der Waals surface area contributed by atoms with E-state index in [9.17, 15) is 4.79 Å². The second-order valence-electron chi connectivity index (χ2n) is 4.36. The molecule has 1 aromatic rings. The van der Waals surface area contributed by atoms with E-state index in [1.165, 1.54) is 0 Å². The summed E-state index contributed by atoms with van der Waals surface area (Å²) in [6.07, 6.45) is 1.21. The van der Waals surface area contributed by atoms with Gasteiger partial charge in [-0.05, 0) is 24.5 Å². The highest BCUT2D eigenvalue weighted by Gasteiger charge is 2.10. The molecule has 3 N–H and O–H groups in total. The summed E-state index contributed by atoms with van der Waals surface area (Å²) in [5.74, 6) is 0.451. The second kappa shape index (κ2) is 6.28. The number of para-hydroxylation sites is 1. The number of hydrogen-bond donors (Lipinski definition) is 2. The second-order valence-corrected chi connectivity index (χ2v) is 4.36. The highest BCUT2D eigenvalue weighted by molar-refractivity contribution is 5.90. The fourth-order valence-electron chi connectivity index (χ4n) is 1.38. The Balaban J connectivity index is 2.32. The molecule has 3 heteroatoms. The lowest BCUT2D eigenvalue weighted by molar-refractivity contribution is -0.116. The standard InChI is InChI=1S/C13H20N2O/c1-10(2)12(14)8-9-13(16)15-11-6-4-3-5-7-11/h3-7,10,12H,8-9,14H2,1-2H3,(H,15,16). The summed E-state index contributed by atoms with van der Waals surface area (Å²) >= 11 is 0. The zero-order valence-electron chi connectivity index (χ0n) is 9.94. The van der Waals surface area contributed by atoms with Crippen LogP contribution in [0, 0.1) is 5.92 Å². The minimum absolute atomic E-state index is 0.0299. The van der Waals surface area contributed by atoms with Gasteiger partial charge in [-0.1, -0.05) is 32.0 Å². The van der Waals surface area contributed by atoms with Crippen LogP contribution in [0.25, 0.3) is 0 Å². The monoisotopic (exact) mass is 220 g/mol. The van der Waals surface area contributed by atoms with Crippen molar-refractivity contribution in [2.45, 2.75) is 32.7 Å². The lowest BCUT2D eigenvalue weighted by atomic mass is 10.0. The molecule has 0 aliphatic heterocycles. The van der Waals surface area contributed by atoms with Gasteiger partial charge in [-0.2, -0.15) is 0 Å². The topological polar surface area (TPSA) is 55.1 Å². The smallest absolute Gasteiger partial charge is 0.224 e. The van der Waals surface area contributed by atoms with Crippen molar-refractivity contribution >= 4 is 11.6 Å². The van der Waals surface area contributed by atoms with Gasteiger partial charge in [0.1, 0.15) is 0 Å². The number of carbonyl (C=O) groups excluding carboxylic acids is 1. The first-order valence-corrected chi connectivity index (χ1v) is 5.70. The molecule has 1 unspecified atom stereocenters. The summed E-state index contributed by atoms with van der Waals surface area (Å²) < 4.78 is 0. The Morgan fingerprint density at radius 1 is 1.31 bits per heavy atom. The van der Waals surface area contributed by atoms with E-state index < -0.39 is 0 Å². The number of nitrogens with one attached hydrogen (secondary N) is 1. The Hall–Kier alpha value is -1.35. The molecule has 1 rings (SSSR count). The van der Waals surface area contributed by atoms with Gasteiger partial charge in [-0.25, -0.2) is 0 Å². The Bertz CT molecular complexity index is 322. The van der Waals surface area contributed by atoms with Gasteiger partial charge in [0, 0.05) is 18.2 Å². The van der Waals surface area contributed by atoms with Gasteiger partial charge < -0.3 is 11.1 Å². The minimum atomic E-state index is 0.0299. The van der Waals surface area contributed by atoms with Crippen LogP contribution in [0.5, 0.6) is 0 Å². The zero-order chi connectivity index (χ0) is 12.0. The van der Waals surface area contributed by atoms with E-state index >= 15 is 0 Å². The van der Waals surface area contributed by atoms with E-state index in [1.54, 1.807) is 0 Å². The van der Waals surface area contributed by atoms with Crippen LogP contribution in [0.1, 0.15) is 26.7 Å². The van der Waals surface area contributed by atoms with Crippen LogP contribution in [-0.4, -0.2) is 11.9 Å². The number of carbonyl (C=O) groups is 1. The van der Waals surface area contributed by atoms with E-state index in [1.807, 2.05) is 30.3 Å². The number of nitrogens with two attached hydrogens (primary N) is 1. The third-order valence-electron chi connectivity index (χ3n) is 2.62. The largest absolute Gasteiger partial charge is 0.327 e. The molecular weight excluding hydrogens is 200 g/mol. The molecule has 0 saturated carbocycles. The van der Waals surface area contributed by atoms with E-state index in [4.69, 9.17) is 5.73 Å². The van der Waals surface area contributed by atoms with E-state index in [-0.39, 0.29) is 11.9 Å². The zero-order valence-corrected chi connectivity index (χ0v) is 9.94. The SMILES string of the molecule is CC(C)C(N)CCC(=O)Nc1ccccc1. The van der Waals surface area contributed by atoms with Gasteiger partial charge in [0.15, 0.2) is 0 Å². The van der Waals surface area contributed by atoms with Crippen LogP contribution in [0.2, 0.25) is 0 Å².